The van der Waals surface area contributed by atoms with Gasteiger partial charge in [-0.1, -0.05) is 5.16 Å². The molecule has 2 rings (SSSR count). The van der Waals surface area contributed by atoms with Gasteiger partial charge in [0.15, 0.2) is 17.3 Å². The summed E-state index contributed by atoms with van der Waals surface area (Å²) in [5.74, 6) is 2.11. The van der Waals surface area contributed by atoms with Crippen LogP contribution < -0.4 is 9.47 Å². The number of methoxy groups -OCH3 is 2. The third-order valence-electron chi connectivity index (χ3n) is 2.43. The van der Waals surface area contributed by atoms with Crippen LogP contribution in [0.3, 0.4) is 0 Å². The largest absolute Gasteiger partial charge is 0.493 e. The van der Waals surface area contributed by atoms with Crippen molar-refractivity contribution >= 4 is 0 Å². The maximum absolute atomic E-state index is 5.24. The topological polar surface area (TPSA) is 44.5 Å². The fourth-order valence-corrected chi connectivity index (χ4v) is 1.60. The molecule has 0 spiro atoms. The molecule has 2 aromatic rings. The van der Waals surface area contributed by atoms with E-state index in [0.717, 1.165) is 16.9 Å². The van der Waals surface area contributed by atoms with Gasteiger partial charge in [0.05, 0.1) is 20.4 Å². The Morgan fingerprint density at radius 1 is 1.12 bits per heavy atom. The monoisotopic (exact) mass is 219 g/mol. The molecule has 4 nitrogen and oxygen atoms in total. The molecule has 0 N–H and O–H groups in total. The Bertz CT molecular complexity index is 477. The summed E-state index contributed by atoms with van der Waals surface area (Å²) in [5, 5.41) is 3.69. The van der Waals surface area contributed by atoms with Gasteiger partial charge in [0.25, 0.3) is 0 Å². The molecular weight excluding hydrogens is 206 g/mol. The van der Waals surface area contributed by atoms with Crippen LogP contribution in [0.1, 0.15) is 5.56 Å². The average Bonchev–Trinajstić information content (AvgIpc) is 2.82. The van der Waals surface area contributed by atoms with Gasteiger partial charge >= 0.3 is 0 Å². The maximum atomic E-state index is 5.24. The summed E-state index contributed by atoms with van der Waals surface area (Å²) < 4.78 is 15.6. The normalized spacial score (nSPS) is 10.2. The Balaban J connectivity index is 2.55. The van der Waals surface area contributed by atoms with Crippen LogP contribution in [0.25, 0.3) is 11.3 Å². The van der Waals surface area contributed by atoms with E-state index >= 15 is 0 Å². The highest BCUT2D eigenvalue weighted by molar-refractivity contribution is 5.66. The molecule has 16 heavy (non-hydrogen) atoms. The van der Waals surface area contributed by atoms with E-state index in [0.29, 0.717) is 11.5 Å². The first-order valence-electron chi connectivity index (χ1n) is 4.90. The van der Waals surface area contributed by atoms with Crippen molar-refractivity contribution in [1.29, 1.82) is 0 Å². The second-order valence-corrected chi connectivity index (χ2v) is 3.40. The van der Waals surface area contributed by atoms with Gasteiger partial charge in [0.2, 0.25) is 0 Å². The van der Waals surface area contributed by atoms with Gasteiger partial charge in [-0.3, -0.25) is 0 Å². The Morgan fingerprint density at radius 2 is 1.81 bits per heavy atom. The molecule has 0 saturated carbocycles. The summed E-state index contributed by atoms with van der Waals surface area (Å²) in [5.41, 5.74) is 2.00. The van der Waals surface area contributed by atoms with Crippen LogP contribution in [0.4, 0.5) is 0 Å². The van der Waals surface area contributed by atoms with E-state index < -0.39 is 0 Å². The minimum atomic E-state index is 0.680. The number of benzene rings is 1. The minimum absolute atomic E-state index is 0.680. The molecule has 4 heteroatoms. The molecule has 0 aliphatic carbocycles. The summed E-state index contributed by atoms with van der Waals surface area (Å²) >= 11 is 0. The number of hydrogen-bond donors (Lipinski definition) is 0. The van der Waals surface area contributed by atoms with Crippen molar-refractivity contribution in [3.63, 3.8) is 0 Å². The first kappa shape index (κ1) is 10.5. The molecule has 1 aromatic heterocycles. The van der Waals surface area contributed by atoms with Crippen molar-refractivity contribution in [2.24, 2.45) is 0 Å². The number of aromatic nitrogens is 1. The molecule has 0 bridgehead atoms. The van der Waals surface area contributed by atoms with E-state index in [4.69, 9.17) is 14.0 Å². The van der Waals surface area contributed by atoms with Crippen LogP contribution in [-0.2, 0) is 0 Å². The lowest BCUT2D eigenvalue weighted by Gasteiger charge is -2.10. The van der Waals surface area contributed by atoms with E-state index in [1.165, 1.54) is 0 Å². The summed E-state index contributed by atoms with van der Waals surface area (Å²) in [6, 6.07) is 5.61. The number of hydrogen-bond acceptors (Lipinski definition) is 4. The van der Waals surface area contributed by atoms with Gasteiger partial charge < -0.3 is 14.0 Å². The first-order chi connectivity index (χ1) is 7.76. The van der Waals surface area contributed by atoms with Gasteiger partial charge in [0, 0.05) is 11.6 Å². The number of rotatable bonds is 3. The van der Waals surface area contributed by atoms with Crippen LogP contribution in [0.15, 0.2) is 28.9 Å². The molecule has 0 aliphatic rings. The highest BCUT2D eigenvalue weighted by Gasteiger charge is 2.12. The van der Waals surface area contributed by atoms with E-state index in [-0.39, 0.29) is 0 Å². The van der Waals surface area contributed by atoms with Crippen LogP contribution >= 0.6 is 0 Å². The number of aryl methyl sites for hydroxylation is 1. The van der Waals surface area contributed by atoms with Gasteiger partial charge in [-0.2, -0.15) is 0 Å². The van der Waals surface area contributed by atoms with Crippen molar-refractivity contribution < 1.29 is 14.0 Å². The molecule has 0 atom stereocenters. The summed E-state index contributed by atoms with van der Waals surface area (Å²) in [7, 11) is 3.22. The smallest absolute Gasteiger partial charge is 0.167 e. The Labute approximate surface area is 93.8 Å². The molecule has 0 saturated heterocycles. The summed E-state index contributed by atoms with van der Waals surface area (Å²) in [6.07, 6.45) is 1.62. The Kier molecular flexibility index (Phi) is 2.81. The second-order valence-electron chi connectivity index (χ2n) is 3.40. The van der Waals surface area contributed by atoms with Crippen molar-refractivity contribution in [3.05, 3.63) is 30.0 Å². The van der Waals surface area contributed by atoms with Crippen LogP contribution in [0.5, 0.6) is 11.5 Å². The molecule has 84 valence electrons. The lowest BCUT2D eigenvalue weighted by Crippen LogP contribution is -1.92. The molecule has 0 unspecified atom stereocenters. The zero-order valence-electron chi connectivity index (χ0n) is 9.48. The molecule has 1 aromatic carbocycles. The highest BCUT2D eigenvalue weighted by atomic mass is 16.5. The molecule has 0 aliphatic heterocycles. The van der Waals surface area contributed by atoms with Crippen molar-refractivity contribution in [1.82, 2.24) is 5.16 Å². The summed E-state index contributed by atoms with van der Waals surface area (Å²) in [4.78, 5) is 0. The quantitative estimate of drug-likeness (QED) is 0.796. The zero-order chi connectivity index (χ0) is 11.5. The third kappa shape index (κ3) is 1.74. The predicted octanol–water partition coefficient (Wildman–Crippen LogP) is 2.67. The number of ether oxygens (including phenoxy) is 2. The fourth-order valence-electron chi connectivity index (χ4n) is 1.60. The van der Waals surface area contributed by atoms with Gasteiger partial charge in [-0.15, -0.1) is 0 Å². The fraction of sp³-hybridized carbons (Fsp3) is 0.250. The SMILES string of the molecule is COc1cc(C)c(-c2ccno2)cc1OC. The maximum Gasteiger partial charge on any atom is 0.167 e. The standard InChI is InChI=1S/C12H13NO3/c1-8-6-11(14-2)12(15-3)7-9(8)10-4-5-13-16-10/h4-7H,1-3H3. The van der Waals surface area contributed by atoms with Gasteiger partial charge in [-0.05, 0) is 24.6 Å². The molecule has 1 heterocycles. The van der Waals surface area contributed by atoms with Gasteiger partial charge in [-0.25, -0.2) is 0 Å². The van der Waals surface area contributed by atoms with Gasteiger partial charge in [0.1, 0.15) is 0 Å². The van der Waals surface area contributed by atoms with Crippen molar-refractivity contribution in [3.8, 4) is 22.8 Å². The molecule has 0 amide bonds. The predicted molar refractivity (Wildman–Crippen MR) is 59.8 cm³/mol. The van der Waals surface area contributed by atoms with E-state index in [9.17, 15) is 0 Å². The van der Waals surface area contributed by atoms with Crippen LogP contribution in [-0.4, -0.2) is 19.4 Å². The van der Waals surface area contributed by atoms with E-state index in [1.807, 2.05) is 25.1 Å². The van der Waals surface area contributed by atoms with E-state index in [2.05, 4.69) is 5.16 Å². The highest BCUT2D eigenvalue weighted by Crippen LogP contribution is 2.35. The van der Waals surface area contributed by atoms with Crippen LogP contribution in [0.2, 0.25) is 0 Å². The first-order valence-corrected chi connectivity index (χ1v) is 4.90. The average molecular weight is 219 g/mol. The molecular formula is C12H13NO3. The Hall–Kier alpha value is -1.97. The lowest BCUT2D eigenvalue weighted by molar-refractivity contribution is 0.354. The van der Waals surface area contributed by atoms with Crippen LogP contribution in [0, 0.1) is 6.92 Å². The zero-order valence-corrected chi connectivity index (χ0v) is 9.48. The van der Waals surface area contributed by atoms with Crippen molar-refractivity contribution in [2.45, 2.75) is 6.92 Å². The van der Waals surface area contributed by atoms with E-state index in [1.54, 1.807) is 20.4 Å². The lowest BCUT2D eigenvalue weighted by atomic mass is 10.1. The Morgan fingerprint density at radius 3 is 2.38 bits per heavy atom. The number of nitrogens with zero attached hydrogens (tertiary/aromatic N) is 1. The second kappa shape index (κ2) is 4.26. The third-order valence-corrected chi connectivity index (χ3v) is 2.43. The molecule has 0 radical (unpaired) electrons. The molecule has 0 fully saturated rings. The summed E-state index contributed by atoms with van der Waals surface area (Å²) in [6.45, 7) is 1.99. The minimum Gasteiger partial charge on any atom is -0.493 e. The van der Waals surface area contributed by atoms with Crippen molar-refractivity contribution in [2.75, 3.05) is 14.2 Å².